The van der Waals surface area contributed by atoms with Crippen LogP contribution in [0.5, 0.6) is 0 Å². The Hall–Kier alpha value is 0.110. The quantitative estimate of drug-likeness (QED) is 0.515. The lowest BCUT2D eigenvalue weighted by atomic mass is 10.3. The average Bonchev–Trinajstić information content (AvgIpc) is 1.89. The number of hydrogen-bond donors (Lipinski definition) is 0. The van der Waals surface area contributed by atoms with Crippen LogP contribution in [0.1, 0.15) is 13.3 Å². The summed E-state index contributed by atoms with van der Waals surface area (Å²) in [5.74, 6) is 0.870. The van der Waals surface area contributed by atoms with Crippen molar-refractivity contribution in [3.63, 3.8) is 0 Å². The molecule has 0 spiro atoms. The zero-order chi connectivity index (χ0) is 6.69. The monoisotopic (exact) mass is 161 g/mol. The van der Waals surface area contributed by atoms with Gasteiger partial charge in [-0.25, -0.2) is 4.21 Å². The third kappa shape index (κ3) is 1.76. The topological polar surface area (TPSA) is 17.1 Å². The predicted octanol–water partition coefficient (Wildman–Crippen LogP) is 0.884. The van der Waals surface area contributed by atoms with Crippen molar-refractivity contribution in [3.05, 3.63) is 12.2 Å². The SMILES string of the molecule is CC1CC=[C]CS1=S=O. The minimum Gasteiger partial charge on any atom is -0.205 e. The van der Waals surface area contributed by atoms with Gasteiger partial charge in [0.05, 0.1) is 0 Å². The molecule has 1 aliphatic rings. The van der Waals surface area contributed by atoms with Gasteiger partial charge < -0.3 is 0 Å². The molecule has 1 rings (SSSR count). The lowest BCUT2D eigenvalue weighted by Crippen LogP contribution is -2.15. The Bertz CT molecular complexity index is 179. The summed E-state index contributed by atoms with van der Waals surface area (Å²) in [5, 5.41) is 0.578. The van der Waals surface area contributed by atoms with Crippen molar-refractivity contribution < 1.29 is 4.21 Å². The van der Waals surface area contributed by atoms with Crippen LogP contribution in [0.3, 0.4) is 0 Å². The van der Waals surface area contributed by atoms with E-state index in [0.29, 0.717) is 5.25 Å². The van der Waals surface area contributed by atoms with E-state index in [9.17, 15) is 4.21 Å². The fraction of sp³-hybridized carbons (Fsp3) is 0.667. The largest absolute Gasteiger partial charge is 0.205 e. The van der Waals surface area contributed by atoms with Crippen molar-refractivity contribution in [2.45, 2.75) is 18.6 Å². The molecule has 0 aliphatic carbocycles. The van der Waals surface area contributed by atoms with Gasteiger partial charge in [0.15, 0.2) is 0 Å². The van der Waals surface area contributed by atoms with E-state index in [-0.39, 0.29) is 9.45 Å². The van der Waals surface area contributed by atoms with E-state index in [2.05, 4.69) is 13.0 Å². The van der Waals surface area contributed by atoms with Gasteiger partial charge in [-0.15, -0.1) is 0 Å². The Morgan fingerprint density at radius 3 is 3.11 bits per heavy atom. The molecule has 1 nitrogen and oxygen atoms in total. The number of rotatable bonds is 0. The van der Waals surface area contributed by atoms with E-state index in [4.69, 9.17) is 0 Å². The van der Waals surface area contributed by atoms with Crippen molar-refractivity contribution in [2.75, 3.05) is 5.75 Å². The fourth-order valence-corrected chi connectivity index (χ4v) is 2.78. The maximum absolute atomic E-state index is 10.4. The second kappa shape index (κ2) is 3.32. The van der Waals surface area contributed by atoms with Crippen LogP contribution in [0.15, 0.2) is 6.08 Å². The van der Waals surface area contributed by atoms with E-state index in [1.54, 1.807) is 0 Å². The Morgan fingerprint density at radius 2 is 2.67 bits per heavy atom. The highest BCUT2D eigenvalue weighted by Gasteiger charge is 2.08. The summed E-state index contributed by atoms with van der Waals surface area (Å²) in [6, 6.07) is 0. The summed E-state index contributed by atoms with van der Waals surface area (Å²) in [7, 11) is 0.771. The van der Waals surface area contributed by atoms with E-state index >= 15 is 0 Å². The molecule has 0 saturated carbocycles. The molecule has 2 unspecified atom stereocenters. The van der Waals surface area contributed by atoms with E-state index < -0.39 is 0 Å². The normalized spacial score (nSPS) is 34.3. The van der Waals surface area contributed by atoms with Crippen LogP contribution in [0.25, 0.3) is 0 Å². The van der Waals surface area contributed by atoms with Crippen LogP contribution in [0, 0.1) is 6.08 Å². The molecule has 0 fully saturated rings. The molecule has 1 radical (unpaired) electrons. The zero-order valence-electron chi connectivity index (χ0n) is 5.29. The van der Waals surface area contributed by atoms with Gasteiger partial charge >= 0.3 is 0 Å². The molecule has 2 atom stereocenters. The standard InChI is InChI=1S/C6H9OS2/c1-6-4-2-3-5-9(6)8-7/h2,6H,4-5H2,1H3. The van der Waals surface area contributed by atoms with Crippen molar-refractivity contribution in [3.8, 4) is 0 Å². The molecular formula is C6H9OS2. The molecule has 0 bridgehead atoms. The fourth-order valence-electron chi connectivity index (χ4n) is 0.731. The molecule has 0 aromatic carbocycles. The molecule has 1 aliphatic heterocycles. The van der Waals surface area contributed by atoms with E-state index in [1.807, 2.05) is 6.08 Å². The molecule has 0 saturated heterocycles. The highest BCUT2D eigenvalue weighted by atomic mass is 32.8. The van der Waals surface area contributed by atoms with Gasteiger partial charge in [-0.3, -0.25) is 0 Å². The lowest BCUT2D eigenvalue weighted by molar-refractivity contribution is 0.701. The summed E-state index contributed by atoms with van der Waals surface area (Å²) in [4.78, 5) is 0. The Kier molecular flexibility index (Phi) is 2.66. The summed E-state index contributed by atoms with van der Waals surface area (Å²) >= 11 is 0. The molecule has 0 N–H and O–H groups in total. The van der Waals surface area contributed by atoms with Gasteiger partial charge in [0.1, 0.15) is 10.2 Å². The smallest absolute Gasteiger partial charge is 0.121 e. The van der Waals surface area contributed by atoms with Crippen molar-refractivity contribution in [1.29, 1.82) is 0 Å². The highest BCUT2D eigenvalue weighted by Crippen LogP contribution is 2.08. The average molecular weight is 161 g/mol. The van der Waals surface area contributed by atoms with Gasteiger partial charge in [-0.1, -0.05) is 22.5 Å². The Balaban J connectivity index is 2.75. The molecule has 51 valence electrons. The third-order valence-electron chi connectivity index (χ3n) is 1.36. The molecular weight excluding hydrogens is 152 g/mol. The lowest BCUT2D eigenvalue weighted by Gasteiger charge is -2.12. The zero-order valence-corrected chi connectivity index (χ0v) is 6.93. The van der Waals surface area contributed by atoms with Crippen LogP contribution < -0.4 is 0 Å². The number of hydrogen-bond acceptors (Lipinski definition) is 1. The van der Waals surface area contributed by atoms with Gasteiger partial charge in [-0.05, 0) is 12.5 Å². The molecule has 0 aromatic heterocycles. The predicted molar refractivity (Wildman–Crippen MR) is 42.3 cm³/mol. The summed E-state index contributed by atoms with van der Waals surface area (Å²) in [6.45, 7) is 2.13. The van der Waals surface area contributed by atoms with Crippen LogP contribution in [-0.4, -0.2) is 15.2 Å². The summed E-state index contributed by atoms with van der Waals surface area (Å²) in [6.07, 6.45) is 6.17. The van der Waals surface area contributed by atoms with Gasteiger partial charge in [0.25, 0.3) is 0 Å². The molecule has 9 heavy (non-hydrogen) atoms. The maximum atomic E-state index is 10.4. The van der Waals surface area contributed by atoms with Gasteiger partial charge in [-0.2, -0.15) is 0 Å². The van der Waals surface area contributed by atoms with Gasteiger partial charge in [0.2, 0.25) is 0 Å². The van der Waals surface area contributed by atoms with E-state index in [0.717, 1.165) is 22.4 Å². The van der Waals surface area contributed by atoms with Gasteiger partial charge in [0, 0.05) is 11.0 Å². The van der Waals surface area contributed by atoms with Crippen LogP contribution in [-0.2, 0) is 19.7 Å². The van der Waals surface area contributed by atoms with Crippen LogP contribution >= 0.6 is 0 Å². The Labute approximate surface area is 60.8 Å². The first-order valence-corrected chi connectivity index (χ1v) is 5.61. The maximum Gasteiger partial charge on any atom is 0.121 e. The molecule has 3 heteroatoms. The first-order valence-electron chi connectivity index (χ1n) is 2.89. The minimum atomic E-state index is 0.0224. The second-order valence-corrected chi connectivity index (χ2v) is 5.73. The minimum absolute atomic E-state index is 0.0224. The molecule has 0 aromatic rings. The van der Waals surface area contributed by atoms with E-state index in [1.165, 1.54) is 0 Å². The molecule has 0 amide bonds. The first-order chi connectivity index (χ1) is 4.34. The van der Waals surface area contributed by atoms with Crippen molar-refractivity contribution in [1.82, 2.24) is 0 Å². The third-order valence-corrected chi connectivity index (χ3v) is 4.94. The van der Waals surface area contributed by atoms with Crippen LogP contribution in [0.2, 0.25) is 0 Å². The highest BCUT2D eigenvalue weighted by molar-refractivity contribution is 8.31. The Morgan fingerprint density at radius 1 is 1.89 bits per heavy atom. The van der Waals surface area contributed by atoms with Crippen molar-refractivity contribution >= 4 is 19.7 Å². The number of allylic oxidation sites excluding steroid dienone is 1. The summed E-state index contributed by atoms with van der Waals surface area (Å²) in [5.41, 5.74) is 0. The second-order valence-electron chi connectivity index (χ2n) is 2.05. The van der Waals surface area contributed by atoms with Crippen molar-refractivity contribution in [2.24, 2.45) is 0 Å². The molecule has 1 heterocycles. The first kappa shape index (κ1) is 7.22. The van der Waals surface area contributed by atoms with Crippen LogP contribution in [0.4, 0.5) is 0 Å². The summed E-state index contributed by atoms with van der Waals surface area (Å²) < 4.78 is 10.4.